The van der Waals surface area contributed by atoms with Crippen molar-refractivity contribution < 1.29 is 0 Å². The lowest BCUT2D eigenvalue weighted by molar-refractivity contribution is 0.968. The molecule has 0 fully saturated rings. The molecule has 0 aliphatic heterocycles. The summed E-state index contributed by atoms with van der Waals surface area (Å²) in [5.74, 6) is 0.809. The summed E-state index contributed by atoms with van der Waals surface area (Å²) in [5, 5.41) is 17.4. The molecule has 1 heterocycles. The van der Waals surface area contributed by atoms with E-state index in [1.807, 2.05) is 12.1 Å². The van der Waals surface area contributed by atoms with Crippen LogP contribution in [-0.2, 0) is 0 Å². The fourth-order valence-corrected chi connectivity index (χ4v) is 1.39. The van der Waals surface area contributed by atoms with E-state index >= 15 is 0 Å². The third-order valence-electron chi connectivity index (χ3n) is 1.36. The number of nitrogen functional groups attached to an aromatic ring is 1. The number of rotatable bonds is 3. The quantitative estimate of drug-likeness (QED) is 0.447. The van der Waals surface area contributed by atoms with E-state index in [-0.39, 0.29) is 11.4 Å². The van der Waals surface area contributed by atoms with Crippen molar-refractivity contribution in [3.63, 3.8) is 0 Å². The molecule has 0 aliphatic carbocycles. The van der Waals surface area contributed by atoms with Crippen molar-refractivity contribution in [3.8, 4) is 12.1 Å². The molecule has 0 aliphatic rings. The summed E-state index contributed by atoms with van der Waals surface area (Å²) in [5.41, 5.74) is 5.76. The molecular formula is C8H7N5S. The minimum atomic E-state index is 0.182. The lowest BCUT2D eigenvalue weighted by Crippen LogP contribution is -1.98. The third kappa shape index (κ3) is 2.61. The smallest absolute Gasteiger partial charge is 0.189 e. The normalized spacial score (nSPS) is 9.00. The first-order valence-electron chi connectivity index (χ1n) is 3.80. The first kappa shape index (κ1) is 10.3. The van der Waals surface area contributed by atoms with Crippen molar-refractivity contribution >= 4 is 17.6 Å². The van der Waals surface area contributed by atoms with Crippen molar-refractivity contribution in [1.29, 1.82) is 10.5 Å². The molecule has 0 unspecified atom stereocenters. The van der Waals surface area contributed by atoms with Gasteiger partial charge in [0.1, 0.15) is 17.5 Å². The Hall–Kier alpha value is -1.79. The summed E-state index contributed by atoms with van der Waals surface area (Å²) < 4.78 is 0. The summed E-state index contributed by atoms with van der Waals surface area (Å²) >= 11 is 1.34. The standard InChI is InChI=1S/C8H7N5S/c9-2-1-3-14-8-12-5-6(4-10)7(11)13-8/h5H,1,3H2,(H2,11,12,13). The number of nitriles is 2. The zero-order valence-electron chi connectivity index (χ0n) is 7.27. The highest BCUT2D eigenvalue weighted by molar-refractivity contribution is 7.99. The van der Waals surface area contributed by atoms with Crippen molar-refractivity contribution in [3.05, 3.63) is 11.8 Å². The van der Waals surface area contributed by atoms with Gasteiger partial charge < -0.3 is 5.73 Å². The van der Waals surface area contributed by atoms with Gasteiger partial charge in [-0.2, -0.15) is 10.5 Å². The Balaban J connectivity index is 2.69. The van der Waals surface area contributed by atoms with Crippen molar-refractivity contribution in [2.24, 2.45) is 0 Å². The molecule has 2 N–H and O–H groups in total. The van der Waals surface area contributed by atoms with Crippen molar-refractivity contribution in [1.82, 2.24) is 9.97 Å². The van der Waals surface area contributed by atoms with E-state index in [1.165, 1.54) is 18.0 Å². The van der Waals surface area contributed by atoms with Crippen LogP contribution >= 0.6 is 11.8 Å². The van der Waals surface area contributed by atoms with Gasteiger partial charge in [0.05, 0.1) is 12.3 Å². The first-order valence-corrected chi connectivity index (χ1v) is 4.79. The number of thioether (sulfide) groups is 1. The van der Waals surface area contributed by atoms with Crippen LogP contribution in [-0.4, -0.2) is 15.7 Å². The van der Waals surface area contributed by atoms with Crippen molar-refractivity contribution in [2.45, 2.75) is 11.6 Å². The topological polar surface area (TPSA) is 99.4 Å². The van der Waals surface area contributed by atoms with Crippen LogP contribution in [0.25, 0.3) is 0 Å². The Morgan fingerprint density at radius 2 is 2.29 bits per heavy atom. The van der Waals surface area contributed by atoms with Crippen LogP contribution in [0.2, 0.25) is 0 Å². The molecule has 1 aromatic rings. The van der Waals surface area contributed by atoms with Gasteiger partial charge in [0.25, 0.3) is 0 Å². The molecule has 0 radical (unpaired) electrons. The zero-order valence-corrected chi connectivity index (χ0v) is 8.08. The Bertz CT molecular complexity index is 403. The van der Waals surface area contributed by atoms with Gasteiger partial charge in [-0.05, 0) is 0 Å². The second kappa shape index (κ2) is 5.05. The van der Waals surface area contributed by atoms with Crippen LogP contribution < -0.4 is 5.73 Å². The second-order valence-electron chi connectivity index (χ2n) is 2.32. The number of hydrogen-bond donors (Lipinski definition) is 1. The molecule has 14 heavy (non-hydrogen) atoms. The van der Waals surface area contributed by atoms with Crippen LogP contribution in [0.15, 0.2) is 11.4 Å². The highest BCUT2D eigenvalue weighted by atomic mass is 32.2. The number of hydrogen-bond acceptors (Lipinski definition) is 6. The van der Waals surface area contributed by atoms with E-state index in [4.69, 9.17) is 16.3 Å². The molecule has 70 valence electrons. The fourth-order valence-electron chi connectivity index (χ4n) is 0.722. The molecule has 1 rings (SSSR count). The molecule has 6 heteroatoms. The maximum absolute atomic E-state index is 8.56. The molecule has 1 aromatic heterocycles. The maximum atomic E-state index is 8.56. The van der Waals surface area contributed by atoms with Gasteiger partial charge >= 0.3 is 0 Å². The van der Waals surface area contributed by atoms with E-state index in [0.717, 1.165) is 0 Å². The zero-order chi connectivity index (χ0) is 10.4. The molecule has 0 saturated heterocycles. The Labute approximate surface area is 85.6 Å². The number of nitrogens with two attached hydrogens (primary N) is 1. The van der Waals surface area contributed by atoms with Gasteiger partial charge in [-0.3, -0.25) is 0 Å². The molecule has 0 saturated carbocycles. The van der Waals surface area contributed by atoms with E-state index in [9.17, 15) is 0 Å². The van der Waals surface area contributed by atoms with Crippen LogP contribution in [0.5, 0.6) is 0 Å². The van der Waals surface area contributed by atoms with E-state index in [0.29, 0.717) is 17.3 Å². The SMILES string of the molecule is N#CCCSc1ncc(C#N)c(N)n1. The second-order valence-corrected chi connectivity index (χ2v) is 3.38. The monoisotopic (exact) mass is 205 g/mol. The Kier molecular flexibility index (Phi) is 3.71. The number of aromatic nitrogens is 2. The molecule has 0 bridgehead atoms. The van der Waals surface area contributed by atoms with Crippen LogP contribution in [0, 0.1) is 22.7 Å². The summed E-state index contributed by atoms with van der Waals surface area (Å²) in [6, 6.07) is 3.89. The largest absolute Gasteiger partial charge is 0.382 e. The number of anilines is 1. The molecule has 0 spiro atoms. The van der Waals surface area contributed by atoms with Crippen LogP contribution in [0.4, 0.5) is 5.82 Å². The van der Waals surface area contributed by atoms with Gasteiger partial charge in [0.15, 0.2) is 5.16 Å². The third-order valence-corrected chi connectivity index (χ3v) is 2.22. The molecule has 0 amide bonds. The van der Waals surface area contributed by atoms with E-state index < -0.39 is 0 Å². The van der Waals surface area contributed by atoms with Crippen molar-refractivity contribution in [2.75, 3.05) is 11.5 Å². The van der Waals surface area contributed by atoms with Gasteiger partial charge in [-0.1, -0.05) is 11.8 Å². The molecule has 5 nitrogen and oxygen atoms in total. The highest BCUT2D eigenvalue weighted by Gasteiger charge is 2.03. The Morgan fingerprint density at radius 3 is 2.86 bits per heavy atom. The first-order chi connectivity index (χ1) is 6.77. The van der Waals surface area contributed by atoms with E-state index in [1.54, 1.807) is 0 Å². The minimum absolute atomic E-state index is 0.182. The molecular weight excluding hydrogens is 198 g/mol. The predicted molar refractivity (Wildman–Crippen MR) is 52.1 cm³/mol. The van der Waals surface area contributed by atoms with Crippen LogP contribution in [0.3, 0.4) is 0 Å². The van der Waals surface area contributed by atoms with Crippen LogP contribution in [0.1, 0.15) is 12.0 Å². The average molecular weight is 205 g/mol. The minimum Gasteiger partial charge on any atom is -0.382 e. The average Bonchev–Trinajstić information content (AvgIpc) is 2.18. The lowest BCUT2D eigenvalue weighted by atomic mass is 10.3. The summed E-state index contributed by atoms with van der Waals surface area (Å²) in [4.78, 5) is 7.84. The fraction of sp³-hybridized carbons (Fsp3) is 0.250. The van der Waals surface area contributed by atoms with E-state index in [2.05, 4.69) is 9.97 Å². The van der Waals surface area contributed by atoms with Gasteiger partial charge in [-0.15, -0.1) is 0 Å². The Morgan fingerprint density at radius 1 is 1.50 bits per heavy atom. The van der Waals surface area contributed by atoms with Gasteiger partial charge in [0.2, 0.25) is 0 Å². The molecule has 0 atom stereocenters. The maximum Gasteiger partial charge on any atom is 0.189 e. The number of nitrogens with zero attached hydrogens (tertiary/aromatic N) is 4. The lowest BCUT2D eigenvalue weighted by Gasteiger charge is -1.99. The molecule has 0 aromatic carbocycles. The van der Waals surface area contributed by atoms with Gasteiger partial charge in [0, 0.05) is 12.2 Å². The summed E-state index contributed by atoms with van der Waals surface area (Å²) in [6.07, 6.45) is 1.82. The van der Waals surface area contributed by atoms with Gasteiger partial charge in [-0.25, -0.2) is 9.97 Å². The summed E-state index contributed by atoms with van der Waals surface area (Å²) in [7, 11) is 0. The predicted octanol–water partition coefficient (Wildman–Crippen LogP) is 0.936. The summed E-state index contributed by atoms with van der Waals surface area (Å²) in [6.45, 7) is 0. The highest BCUT2D eigenvalue weighted by Crippen LogP contribution is 2.16.